The van der Waals surface area contributed by atoms with Crippen molar-refractivity contribution < 1.29 is 18.9 Å². The lowest BCUT2D eigenvalue weighted by atomic mass is 9.96. The van der Waals surface area contributed by atoms with Crippen LogP contribution in [0, 0.1) is 10.1 Å². The van der Waals surface area contributed by atoms with Gasteiger partial charge in [-0.05, 0) is 24.6 Å². The topological polar surface area (TPSA) is 117 Å². The average molecular weight is 528 g/mol. The Morgan fingerprint density at radius 3 is 2.74 bits per heavy atom. The van der Waals surface area contributed by atoms with Crippen LogP contribution < -0.4 is 14.9 Å². The zero-order valence-electron chi connectivity index (χ0n) is 20.2. The monoisotopic (exact) mass is 527 g/mol. The summed E-state index contributed by atoms with van der Waals surface area (Å²) in [6, 6.07) is 18.0. The van der Waals surface area contributed by atoms with Crippen LogP contribution >= 0.6 is 11.3 Å². The number of nitrogens with zero attached hydrogens (tertiary/aromatic N) is 3. The molecule has 3 heterocycles. The third kappa shape index (κ3) is 4.64. The number of nitro benzene ring substituents is 1. The highest BCUT2D eigenvalue weighted by atomic mass is 32.1. The van der Waals surface area contributed by atoms with E-state index in [2.05, 4.69) is 11.6 Å². The minimum Gasteiger partial charge on any atom is -0.458 e. The number of thiazole rings is 1. The molecule has 1 aliphatic rings. The van der Waals surface area contributed by atoms with Gasteiger partial charge in [0, 0.05) is 23.8 Å². The lowest BCUT2D eigenvalue weighted by Gasteiger charge is -2.24. The van der Waals surface area contributed by atoms with Gasteiger partial charge in [-0.25, -0.2) is 9.79 Å². The Hall–Kier alpha value is -4.83. The summed E-state index contributed by atoms with van der Waals surface area (Å²) in [6.45, 7) is 5.34. The maximum Gasteiger partial charge on any atom is 0.338 e. The number of benzene rings is 2. The molecule has 0 saturated heterocycles. The second-order valence-corrected chi connectivity index (χ2v) is 9.40. The van der Waals surface area contributed by atoms with E-state index in [4.69, 9.17) is 9.15 Å². The number of fused-ring (bicyclic) bond motifs is 1. The third-order valence-electron chi connectivity index (χ3n) is 5.93. The number of hydrogen-bond acceptors (Lipinski definition) is 8. The summed E-state index contributed by atoms with van der Waals surface area (Å²) >= 11 is 1.18. The zero-order chi connectivity index (χ0) is 26.8. The van der Waals surface area contributed by atoms with Crippen molar-refractivity contribution in [2.24, 2.45) is 4.99 Å². The number of carbonyl (C=O) groups is 1. The number of furan rings is 1. The molecular weight excluding hydrogens is 506 g/mol. The Morgan fingerprint density at radius 1 is 1.21 bits per heavy atom. The molecule has 0 bridgehead atoms. The molecule has 0 fully saturated rings. The zero-order valence-corrected chi connectivity index (χ0v) is 21.0. The van der Waals surface area contributed by atoms with E-state index >= 15 is 0 Å². The van der Waals surface area contributed by atoms with Gasteiger partial charge in [0.25, 0.3) is 11.2 Å². The van der Waals surface area contributed by atoms with Crippen molar-refractivity contribution >= 4 is 29.1 Å². The average Bonchev–Trinajstić information content (AvgIpc) is 3.51. The number of ether oxygens (including phenoxy) is 1. The lowest BCUT2D eigenvalue weighted by molar-refractivity contribution is -0.384. The second-order valence-electron chi connectivity index (χ2n) is 8.39. The molecule has 10 heteroatoms. The molecule has 5 rings (SSSR count). The molecule has 38 heavy (non-hydrogen) atoms. The smallest absolute Gasteiger partial charge is 0.338 e. The quantitative estimate of drug-likeness (QED) is 0.154. The fourth-order valence-corrected chi connectivity index (χ4v) is 5.26. The van der Waals surface area contributed by atoms with Gasteiger partial charge in [-0.2, -0.15) is 0 Å². The second kappa shape index (κ2) is 10.3. The first-order valence-corrected chi connectivity index (χ1v) is 12.4. The normalized spacial score (nSPS) is 15.1. The van der Waals surface area contributed by atoms with E-state index in [9.17, 15) is 19.7 Å². The summed E-state index contributed by atoms with van der Waals surface area (Å²) < 4.78 is 13.1. The number of non-ortho nitro benzene ring substituents is 1. The molecule has 0 unspecified atom stereocenters. The molecule has 4 aromatic rings. The van der Waals surface area contributed by atoms with Crippen molar-refractivity contribution in [3.05, 3.63) is 132 Å². The van der Waals surface area contributed by atoms with E-state index in [1.807, 2.05) is 30.3 Å². The van der Waals surface area contributed by atoms with Crippen molar-refractivity contribution in [1.29, 1.82) is 0 Å². The summed E-state index contributed by atoms with van der Waals surface area (Å²) in [7, 11) is 0. The Balaban J connectivity index is 1.60. The van der Waals surface area contributed by atoms with Crippen LogP contribution in [0.25, 0.3) is 17.4 Å². The standard InChI is InChI=1S/C28H21N3O6S/c1-3-14-36-27(33)24-17(2)29-28-30(25(24)18-8-5-4-6-9-18)26(32)23(38-28)16-21-12-13-22(37-21)19-10-7-11-20(15-19)31(34)35/h3-13,15-16,25H,1,14H2,2H3/b23-16-/t25-/m1/s1. The van der Waals surface area contributed by atoms with E-state index in [0.717, 1.165) is 5.56 Å². The van der Waals surface area contributed by atoms with E-state index < -0.39 is 16.9 Å². The summed E-state index contributed by atoms with van der Waals surface area (Å²) in [5.41, 5.74) is 1.65. The number of nitro groups is 1. The molecule has 1 atom stereocenters. The summed E-state index contributed by atoms with van der Waals surface area (Å²) in [4.78, 5) is 42.3. The van der Waals surface area contributed by atoms with Gasteiger partial charge in [0.15, 0.2) is 4.80 Å². The van der Waals surface area contributed by atoms with E-state index in [1.165, 1.54) is 34.1 Å². The van der Waals surface area contributed by atoms with Crippen molar-refractivity contribution in [1.82, 2.24) is 4.57 Å². The Labute approximate surface area is 220 Å². The maximum absolute atomic E-state index is 13.7. The molecule has 0 saturated carbocycles. The van der Waals surface area contributed by atoms with Gasteiger partial charge in [0.05, 0.1) is 26.8 Å². The predicted molar refractivity (Wildman–Crippen MR) is 142 cm³/mol. The molecular formula is C28H21N3O6S. The summed E-state index contributed by atoms with van der Waals surface area (Å²) in [5, 5.41) is 11.1. The van der Waals surface area contributed by atoms with Gasteiger partial charge >= 0.3 is 5.97 Å². The van der Waals surface area contributed by atoms with Crippen molar-refractivity contribution in [2.75, 3.05) is 6.61 Å². The molecule has 0 radical (unpaired) electrons. The Bertz CT molecular complexity index is 1780. The Kier molecular flexibility index (Phi) is 6.71. The molecule has 0 amide bonds. The van der Waals surface area contributed by atoms with E-state index in [0.29, 0.717) is 32.1 Å². The van der Waals surface area contributed by atoms with Crippen molar-refractivity contribution in [3.63, 3.8) is 0 Å². The summed E-state index contributed by atoms with van der Waals surface area (Å²) in [5.74, 6) is 0.259. The molecule has 0 aliphatic carbocycles. The van der Waals surface area contributed by atoms with Crippen LogP contribution in [0.1, 0.15) is 24.3 Å². The van der Waals surface area contributed by atoms with Gasteiger partial charge in [-0.3, -0.25) is 19.5 Å². The predicted octanol–water partition coefficient (Wildman–Crippen LogP) is 4.13. The van der Waals surface area contributed by atoms with Gasteiger partial charge in [-0.15, -0.1) is 0 Å². The SMILES string of the molecule is C=CCOC(=O)C1=C(C)N=c2s/c(=C\c3ccc(-c4cccc([N+](=O)[O-])c4)o3)c(=O)n2[C@@H]1c1ccccc1. The third-order valence-corrected chi connectivity index (χ3v) is 6.91. The van der Waals surface area contributed by atoms with E-state index in [1.54, 1.807) is 37.3 Å². The van der Waals surface area contributed by atoms with Crippen LogP contribution in [-0.4, -0.2) is 22.1 Å². The number of rotatable bonds is 7. The number of hydrogen-bond donors (Lipinski definition) is 0. The minimum atomic E-state index is -0.719. The van der Waals surface area contributed by atoms with Crippen LogP contribution in [0.15, 0.2) is 105 Å². The van der Waals surface area contributed by atoms with Crippen LogP contribution in [0.2, 0.25) is 0 Å². The van der Waals surface area contributed by atoms with Gasteiger partial charge in [0.1, 0.15) is 18.1 Å². The van der Waals surface area contributed by atoms with Crippen LogP contribution in [-0.2, 0) is 9.53 Å². The van der Waals surface area contributed by atoms with Crippen LogP contribution in [0.3, 0.4) is 0 Å². The first kappa shape index (κ1) is 24.8. The highest BCUT2D eigenvalue weighted by Crippen LogP contribution is 2.30. The number of carbonyl (C=O) groups excluding carboxylic acids is 1. The van der Waals surface area contributed by atoms with Gasteiger partial charge in [0.2, 0.25) is 0 Å². The van der Waals surface area contributed by atoms with Crippen LogP contribution in [0.4, 0.5) is 5.69 Å². The first-order valence-electron chi connectivity index (χ1n) is 11.6. The first-order chi connectivity index (χ1) is 18.4. The van der Waals surface area contributed by atoms with Gasteiger partial charge < -0.3 is 9.15 Å². The molecule has 2 aromatic carbocycles. The lowest BCUT2D eigenvalue weighted by Crippen LogP contribution is -2.39. The number of aromatic nitrogens is 1. The minimum absolute atomic E-state index is 0.0347. The summed E-state index contributed by atoms with van der Waals surface area (Å²) in [6.07, 6.45) is 3.08. The molecule has 1 aliphatic heterocycles. The molecule has 0 spiro atoms. The Morgan fingerprint density at radius 2 is 2.00 bits per heavy atom. The molecule has 9 nitrogen and oxygen atoms in total. The largest absolute Gasteiger partial charge is 0.458 e. The number of esters is 1. The maximum atomic E-state index is 13.7. The molecule has 190 valence electrons. The fraction of sp³-hybridized carbons (Fsp3) is 0.107. The highest BCUT2D eigenvalue weighted by molar-refractivity contribution is 7.07. The van der Waals surface area contributed by atoms with Crippen molar-refractivity contribution in [3.8, 4) is 11.3 Å². The fourth-order valence-electron chi connectivity index (χ4n) is 4.23. The van der Waals surface area contributed by atoms with E-state index in [-0.39, 0.29) is 23.4 Å². The van der Waals surface area contributed by atoms with Crippen LogP contribution in [0.5, 0.6) is 0 Å². The van der Waals surface area contributed by atoms with Crippen molar-refractivity contribution in [2.45, 2.75) is 13.0 Å². The molecule has 0 N–H and O–H groups in total. The number of allylic oxidation sites excluding steroid dienone is 1. The highest BCUT2D eigenvalue weighted by Gasteiger charge is 2.33. The molecule has 2 aromatic heterocycles. The van der Waals surface area contributed by atoms with Gasteiger partial charge in [-0.1, -0.05) is 66.5 Å².